The minimum Gasteiger partial charge on any atom is -0.493 e. The Morgan fingerprint density at radius 1 is 1.40 bits per heavy atom. The van der Waals surface area contributed by atoms with E-state index >= 15 is 0 Å². The van der Waals surface area contributed by atoms with Crippen LogP contribution in [-0.4, -0.2) is 12.3 Å². The third-order valence-corrected chi connectivity index (χ3v) is 2.67. The third kappa shape index (κ3) is 2.82. The lowest BCUT2D eigenvalue weighted by Gasteiger charge is -2.08. The molecule has 0 aliphatic heterocycles. The van der Waals surface area contributed by atoms with Crippen molar-refractivity contribution < 1.29 is 4.74 Å². The molecular formula is C13H17NO. The van der Waals surface area contributed by atoms with Gasteiger partial charge in [0.2, 0.25) is 0 Å². The van der Waals surface area contributed by atoms with E-state index in [1.807, 2.05) is 25.1 Å². The summed E-state index contributed by atoms with van der Waals surface area (Å²) >= 11 is 0. The van der Waals surface area contributed by atoms with Crippen LogP contribution < -0.4 is 4.74 Å². The van der Waals surface area contributed by atoms with Crippen molar-refractivity contribution in [3.8, 4) is 5.75 Å². The molecule has 0 amide bonds. The second-order valence-electron chi connectivity index (χ2n) is 4.41. The molecule has 0 heterocycles. The second kappa shape index (κ2) is 4.05. The number of aryl methyl sites for hydroxylation is 1. The fraction of sp³-hybridized carbons (Fsp3) is 0.462. The van der Waals surface area contributed by atoms with Gasteiger partial charge < -0.3 is 10.1 Å². The first kappa shape index (κ1) is 10.2. The molecule has 1 aliphatic carbocycles. The Kier molecular flexibility index (Phi) is 2.76. The molecule has 80 valence electrons. The molecule has 15 heavy (non-hydrogen) atoms. The van der Waals surface area contributed by atoms with Crippen LogP contribution in [0.2, 0.25) is 0 Å². The predicted octanol–water partition coefficient (Wildman–Crippen LogP) is 3.17. The normalized spacial score (nSPS) is 15.1. The molecule has 2 nitrogen and oxygen atoms in total. The molecule has 1 fully saturated rings. The third-order valence-electron chi connectivity index (χ3n) is 2.67. The predicted molar refractivity (Wildman–Crippen MR) is 61.9 cm³/mol. The first-order valence-electron chi connectivity index (χ1n) is 5.45. The summed E-state index contributed by atoms with van der Waals surface area (Å²) in [4.78, 5) is 0. The van der Waals surface area contributed by atoms with Crippen LogP contribution in [0.4, 0.5) is 0 Å². The van der Waals surface area contributed by atoms with Crippen LogP contribution in [0, 0.1) is 18.3 Å². The summed E-state index contributed by atoms with van der Waals surface area (Å²) in [5, 5.41) is 7.60. The van der Waals surface area contributed by atoms with E-state index in [4.69, 9.17) is 10.1 Å². The van der Waals surface area contributed by atoms with E-state index in [1.165, 1.54) is 12.8 Å². The van der Waals surface area contributed by atoms with E-state index in [1.54, 1.807) is 6.92 Å². The van der Waals surface area contributed by atoms with Crippen molar-refractivity contribution in [1.29, 1.82) is 5.41 Å². The average Bonchev–Trinajstić information content (AvgIpc) is 2.97. The molecule has 1 aromatic carbocycles. The Balaban J connectivity index is 2.10. The Morgan fingerprint density at radius 3 is 2.73 bits per heavy atom. The van der Waals surface area contributed by atoms with Crippen LogP contribution in [0.25, 0.3) is 0 Å². The van der Waals surface area contributed by atoms with Gasteiger partial charge in [0.25, 0.3) is 0 Å². The summed E-state index contributed by atoms with van der Waals surface area (Å²) in [5.41, 5.74) is 2.71. The van der Waals surface area contributed by atoms with Gasteiger partial charge in [-0.25, -0.2) is 0 Å². The second-order valence-corrected chi connectivity index (χ2v) is 4.41. The number of hydrogen-bond donors (Lipinski definition) is 1. The zero-order valence-corrected chi connectivity index (χ0v) is 9.34. The van der Waals surface area contributed by atoms with Gasteiger partial charge in [-0.1, -0.05) is 0 Å². The lowest BCUT2D eigenvalue weighted by Crippen LogP contribution is -2.01. The maximum atomic E-state index is 7.60. The SMILES string of the molecule is CC(=N)c1cc(C)cc(OCC2CC2)c1. The lowest BCUT2D eigenvalue weighted by atomic mass is 10.1. The average molecular weight is 203 g/mol. The van der Waals surface area contributed by atoms with Gasteiger partial charge in [-0.15, -0.1) is 0 Å². The summed E-state index contributed by atoms with van der Waals surface area (Å²) in [7, 11) is 0. The summed E-state index contributed by atoms with van der Waals surface area (Å²) in [6.45, 7) is 4.68. The van der Waals surface area contributed by atoms with Crippen molar-refractivity contribution >= 4 is 5.71 Å². The van der Waals surface area contributed by atoms with Gasteiger partial charge in [0.05, 0.1) is 6.61 Å². The molecule has 0 aromatic heterocycles. The molecule has 0 atom stereocenters. The molecule has 0 unspecified atom stereocenters. The Labute approximate surface area is 90.8 Å². The van der Waals surface area contributed by atoms with Gasteiger partial charge in [0.1, 0.15) is 5.75 Å². The van der Waals surface area contributed by atoms with E-state index in [9.17, 15) is 0 Å². The Bertz CT molecular complexity index is 380. The molecule has 0 saturated heterocycles. The summed E-state index contributed by atoms with van der Waals surface area (Å²) in [6.07, 6.45) is 2.62. The minimum absolute atomic E-state index is 0.593. The minimum atomic E-state index is 0.593. The molecular weight excluding hydrogens is 186 g/mol. The fourth-order valence-corrected chi connectivity index (χ4v) is 1.55. The lowest BCUT2D eigenvalue weighted by molar-refractivity contribution is 0.299. The molecule has 0 radical (unpaired) electrons. The first-order chi connectivity index (χ1) is 7.15. The smallest absolute Gasteiger partial charge is 0.120 e. The monoisotopic (exact) mass is 203 g/mol. The first-order valence-corrected chi connectivity index (χ1v) is 5.45. The van der Waals surface area contributed by atoms with Crippen molar-refractivity contribution in [2.45, 2.75) is 26.7 Å². The standard InChI is InChI=1S/C13H17NO/c1-9-5-12(10(2)14)7-13(6-9)15-8-11-3-4-11/h5-7,11,14H,3-4,8H2,1-2H3. The van der Waals surface area contributed by atoms with Crippen molar-refractivity contribution in [1.82, 2.24) is 0 Å². The van der Waals surface area contributed by atoms with E-state index in [0.717, 1.165) is 29.4 Å². The van der Waals surface area contributed by atoms with Crippen LogP contribution in [0.1, 0.15) is 30.9 Å². The molecule has 0 bridgehead atoms. The van der Waals surface area contributed by atoms with Gasteiger partial charge in [0.15, 0.2) is 0 Å². The van der Waals surface area contributed by atoms with Crippen LogP contribution in [-0.2, 0) is 0 Å². The van der Waals surface area contributed by atoms with Gasteiger partial charge in [-0.05, 0) is 61.9 Å². The maximum Gasteiger partial charge on any atom is 0.120 e. The molecule has 1 N–H and O–H groups in total. The number of ether oxygens (including phenoxy) is 1. The van der Waals surface area contributed by atoms with Gasteiger partial charge >= 0.3 is 0 Å². The van der Waals surface area contributed by atoms with E-state index < -0.39 is 0 Å². The molecule has 1 aliphatic rings. The zero-order valence-electron chi connectivity index (χ0n) is 9.34. The highest BCUT2D eigenvalue weighted by Gasteiger charge is 2.21. The van der Waals surface area contributed by atoms with Crippen LogP contribution >= 0.6 is 0 Å². The van der Waals surface area contributed by atoms with Gasteiger partial charge in [-0.3, -0.25) is 0 Å². The topological polar surface area (TPSA) is 33.1 Å². The molecule has 1 aromatic rings. The van der Waals surface area contributed by atoms with E-state index in [-0.39, 0.29) is 0 Å². The van der Waals surface area contributed by atoms with Crippen molar-refractivity contribution in [3.63, 3.8) is 0 Å². The van der Waals surface area contributed by atoms with Crippen LogP contribution in [0.15, 0.2) is 18.2 Å². The highest BCUT2D eigenvalue weighted by Crippen LogP contribution is 2.29. The molecule has 2 rings (SSSR count). The van der Waals surface area contributed by atoms with Crippen LogP contribution in [0.3, 0.4) is 0 Å². The molecule has 0 spiro atoms. The summed E-state index contributed by atoms with van der Waals surface area (Å²) in [6, 6.07) is 6.01. The number of nitrogens with one attached hydrogen (secondary N) is 1. The van der Waals surface area contributed by atoms with Crippen molar-refractivity contribution in [2.75, 3.05) is 6.61 Å². The number of benzene rings is 1. The summed E-state index contributed by atoms with van der Waals surface area (Å²) < 4.78 is 5.70. The van der Waals surface area contributed by atoms with Crippen LogP contribution in [0.5, 0.6) is 5.75 Å². The number of rotatable bonds is 4. The highest BCUT2D eigenvalue weighted by molar-refractivity contribution is 5.96. The van der Waals surface area contributed by atoms with Gasteiger partial charge in [0, 0.05) is 5.71 Å². The Hall–Kier alpha value is -1.31. The largest absolute Gasteiger partial charge is 0.493 e. The molecule has 2 heteroatoms. The van der Waals surface area contributed by atoms with E-state index in [2.05, 4.69) is 0 Å². The zero-order chi connectivity index (χ0) is 10.8. The quantitative estimate of drug-likeness (QED) is 0.749. The van der Waals surface area contributed by atoms with Crippen molar-refractivity contribution in [3.05, 3.63) is 29.3 Å². The fourth-order valence-electron chi connectivity index (χ4n) is 1.55. The van der Waals surface area contributed by atoms with Gasteiger partial charge in [-0.2, -0.15) is 0 Å². The number of hydrogen-bond acceptors (Lipinski definition) is 2. The summed E-state index contributed by atoms with van der Waals surface area (Å²) in [5.74, 6) is 1.68. The highest BCUT2D eigenvalue weighted by atomic mass is 16.5. The van der Waals surface area contributed by atoms with E-state index in [0.29, 0.717) is 5.71 Å². The van der Waals surface area contributed by atoms with Crippen molar-refractivity contribution in [2.24, 2.45) is 5.92 Å². The maximum absolute atomic E-state index is 7.60. The Morgan fingerprint density at radius 2 is 2.13 bits per heavy atom. The molecule has 1 saturated carbocycles.